The molecule has 118 valence electrons. The van der Waals surface area contributed by atoms with Gasteiger partial charge in [-0.3, -0.25) is 4.79 Å². The van der Waals surface area contributed by atoms with E-state index in [1.807, 2.05) is 31.2 Å². The molecule has 8 heteroatoms. The summed E-state index contributed by atoms with van der Waals surface area (Å²) in [6.07, 6.45) is 0. The third-order valence-electron chi connectivity index (χ3n) is 2.91. The summed E-state index contributed by atoms with van der Waals surface area (Å²) in [4.78, 5) is 12.2. The van der Waals surface area contributed by atoms with Crippen LogP contribution in [0.15, 0.2) is 28.6 Å². The van der Waals surface area contributed by atoms with Gasteiger partial charge in [0.2, 0.25) is 11.0 Å². The van der Waals surface area contributed by atoms with Crippen LogP contribution in [0.2, 0.25) is 0 Å². The highest BCUT2D eigenvalue weighted by Gasteiger charge is 2.17. The predicted octanol–water partition coefficient (Wildman–Crippen LogP) is 2.39. The number of ether oxygens (including phenoxy) is 1. The molecule has 0 spiro atoms. The number of carbonyl (C=O) groups excluding carboxylic acids is 1. The summed E-state index contributed by atoms with van der Waals surface area (Å²) < 4.78 is 6.04. The Bertz CT molecular complexity index is 633. The standard InChI is InChI=1S/C14H18N4O2S2/c1-9(21-14-18-17-13(15-2)22-14)12(19)16-8-10-6-4-5-7-11(10)20-3/h4-7,9H,8H2,1-3H3,(H,15,17)(H,16,19)/t9-/m1/s1. The maximum Gasteiger partial charge on any atom is 0.233 e. The van der Waals surface area contributed by atoms with Crippen molar-refractivity contribution in [2.24, 2.45) is 0 Å². The fourth-order valence-electron chi connectivity index (χ4n) is 1.74. The van der Waals surface area contributed by atoms with E-state index in [2.05, 4.69) is 20.8 Å². The van der Waals surface area contributed by atoms with Gasteiger partial charge in [-0.05, 0) is 13.0 Å². The van der Waals surface area contributed by atoms with E-state index in [0.717, 1.165) is 20.8 Å². The summed E-state index contributed by atoms with van der Waals surface area (Å²) in [6.45, 7) is 2.29. The number of carbonyl (C=O) groups is 1. The molecule has 1 aromatic carbocycles. The number of thioether (sulfide) groups is 1. The summed E-state index contributed by atoms with van der Waals surface area (Å²) >= 11 is 2.82. The van der Waals surface area contributed by atoms with Crippen LogP contribution >= 0.6 is 23.1 Å². The van der Waals surface area contributed by atoms with Gasteiger partial charge in [-0.2, -0.15) is 0 Å². The first-order valence-corrected chi connectivity index (χ1v) is 8.41. The van der Waals surface area contributed by atoms with E-state index in [0.29, 0.717) is 6.54 Å². The minimum Gasteiger partial charge on any atom is -0.496 e. The Labute approximate surface area is 137 Å². The van der Waals surface area contributed by atoms with Gasteiger partial charge in [-0.15, -0.1) is 10.2 Å². The van der Waals surface area contributed by atoms with Gasteiger partial charge in [0.05, 0.1) is 12.4 Å². The maximum atomic E-state index is 12.2. The van der Waals surface area contributed by atoms with Gasteiger partial charge in [-0.1, -0.05) is 41.3 Å². The molecule has 1 heterocycles. The van der Waals surface area contributed by atoms with Gasteiger partial charge in [0, 0.05) is 19.2 Å². The second-order valence-electron chi connectivity index (χ2n) is 4.41. The Hall–Kier alpha value is -1.80. The van der Waals surface area contributed by atoms with Crippen LogP contribution in [0.5, 0.6) is 5.75 Å². The number of para-hydroxylation sites is 1. The van der Waals surface area contributed by atoms with E-state index in [1.165, 1.54) is 23.1 Å². The lowest BCUT2D eigenvalue weighted by Gasteiger charge is -2.12. The summed E-state index contributed by atoms with van der Waals surface area (Å²) in [5.41, 5.74) is 0.948. The molecule has 22 heavy (non-hydrogen) atoms. The molecular formula is C14H18N4O2S2. The normalized spacial score (nSPS) is 11.8. The number of nitrogens with zero attached hydrogens (tertiary/aromatic N) is 2. The topological polar surface area (TPSA) is 76.1 Å². The van der Waals surface area contributed by atoms with Crippen molar-refractivity contribution < 1.29 is 9.53 Å². The van der Waals surface area contributed by atoms with Crippen LogP contribution in [0, 0.1) is 0 Å². The molecule has 1 aromatic heterocycles. The number of nitrogens with one attached hydrogen (secondary N) is 2. The Morgan fingerprint density at radius 3 is 2.86 bits per heavy atom. The van der Waals surface area contributed by atoms with Crippen LogP contribution < -0.4 is 15.4 Å². The minimum atomic E-state index is -0.243. The highest BCUT2D eigenvalue weighted by atomic mass is 32.2. The van der Waals surface area contributed by atoms with Gasteiger partial charge in [0.1, 0.15) is 5.75 Å². The molecule has 0 saturated carbocycles. The van der Waals surface area contributed by atoms with E-state index in [1.54, 1.807) is 14.2 Å². The lowest BCUT2D eigenvalue weighted by molar-refractivity contribution is -0.120. The summed E-state index contributed by atoms with van der Waals surface area (Å²) in [7, 11) is 3.41. The smallest absolute Gasteiger partial charge is 0.233 e. The number of anilines is 1. The van der Waals surface area contributed by atoms with Crippen LogP contribution in [0.3, 0.4) is 0 Å². The SMILES string of the molecule is CNc1nnc(S[C@H](C)C(=O)NCc2ccccc2OC)s1. The van der Waals surface area contributed by atoms with Crippen molar-refractivity contribution in [1.29, 1.82) is 0 Å². The lowest BCUT2D eigenvalue weighted by atomic mass is 10.2. The molecule has 1 atom stereocenters. The molecule has 2 aromatic rings. The summed E-state index contributed by atoms with van der Waals surface area (Å²) in [5.74, 6) is 0.725. The van der Waals surface area contributed by atoms with Gasteiger partial charge in [0.25, 0.3) is 0 Å². The molecule has 0 unspecified atom stereocenters. The molecule has 6 nitrogen and oxygen atoms in total. The summed E-state index contributed by atoms with van der Waals surface area (Å²) in [5, 5.41) is 14.3. The van der Waals surface area contributed by atoms with E-state index in [4.69, 9.17) is 4.74 Å². The number of aromatic nitrogens is 2. The van der Waals surface area contributed by atoms with E-state index in [-0.39, 0.29) is 11.2 Å². The van der Waals surface area contributed by atoms with Crippen molar-refractivity contribution in [1.82, 2.24) is 15.5 Å². The number of rotatable bonds is 7. The third kappa shape index (κ3) is 4.35. The fourth-order valence-corrected chi connectivity index (χ4v) is 3.61. The lowest BCUT2D eigenvalue weighted by Crippen LogP contribution is -2.30. The zero-order chi connectivity index (χ0) is 15.9. The highest BCUT2D eigenvalue weighted by Crippen LogP contribution is 2.28. The first kappa shape index (κ1) is 16.6. The minimum absolute atomic E-state index is 0.0443. The predicted molar refractivity (Wildman–Crippen MR) is 89.6 cm³/mol. The second-order valence-corrected chi connectivity index (χ2v) is 6.98. The highest BCUT2D eigenvalue weighted by molar-refractivity contribution is 8.02. The molecule has 0 aliphatic heterocycles. The zero-order valence-electron chi connectivity index (χ0n) is 12.6. The van der Waals surface area contributed by atoms with Crippen molar-refractivity contribution in [3.05, 3.63) is 29.8 Å². The maximum absolute atomic E-state index is 12.2. The number of hydrogen-bond donors (Lipinski definition) is 2. The third-order valence-corrected chi connectivity index (χ3v) is 5.04. The molecule has 2 rings (SSSR count). The number of methoxy groups -OCH3 is 1. The van der Waals surface area contributed by atoms with Gasteiger partial charge < -0.3 is 15.4 Å². The number of amides is 1. The average Bonchev–Trinajstić information content (AvgIpc) is 3.00. The van der Waals surface area contributed by atoms with Crippen LogP contribution in [0.25, 0.3) is 0 Å². The monoisotopic (exact) mass is 338 g/mol. The van der Waals surface area contributed by atoms with E-state index >= 15 is 0 Å². The van der Waals surface area contributed by atoms with Crippen molar-refractivity contribution in [3.8, 4) is 5.75 Å². The van der Waals surface area contributed by atoms with Crippen molar-refractivity contribution in [3.63, 3.8) is 0 Å². The first-order chi connectivity index (χ1) is 10.6. The molecule has 0 saturated heterocycles. The van der Waals surface area contributed by atoms with Gasteiger partial charge in [0.15, 0.2) is 4.34 Å². The Morgan fingerprint density at radius 2 is 2.18 bits per heavy atom. The molecule has 0 aliphatic carbocycles. The zero-order valence-corrected chi connectivity index (χ0v) is 14.3. The Kier molecular flexibility index (Phi) is 6.02. The van der Waals surface area contributed by atoms with Gasteiger partial charge in [-0.25, -0.2) is 0 Å². The van der Waals surface area contributed by atoms with Crippen LogP contribution in [-0.2, 0) is 11.3 Å². The van der Waals surface area contributed by atoms with Crippen molar-refractivity contribution in [2.75, 3.05) is 19.5 Å². The quantitative estimate of drug-likeness (QED) is 0.755. The first-order valence-electron chi connectivity index (χ1n) is 6.71. The van der Waals surface area contributed by atoms with E-state index in [9.17, 15) is 4.79 Å². The summed E-state index contributed by atoms with van der Waals surface area (Å²) in [6, 6.07) is 7.63. The van der Waals surface area contributed by atoms with Gasteiger partial charge >= 0.3 is 0 Å². The molecule has 0 fully saturated rings. The van der Waals surface area contributed by atoms with Crippen LogP contribution in [-0.4, -0.2) is 35.5 Å². The Balaban J connectivity index is 1.88. The largest absolute Gasteiger partial charge is 0.496 e. The second kappa shape index (κ2) is 8.00. The van der Waals surface area contributed by atoms with E-state index < -0.39 is 0 Å². The molecule has 0 radical (unpaired) electrons. The van der Waals surface area contributed by atoms with Crippen molar-refractivity contribution >= 4 is 34.1 Å². The molecular weight excluding hydrogens is 320 g/mol. The molecule has 0 aliphatic rings. The molecule has 1 amide bonds. The van der Waals surface area contributed by atoms with Crippen molar-refractivity contribution in [2.45, 2.75) is 23.1 Å². The number of benzene rings is 1. The average molecular weight is 338 g/mol. The molecule has 2 N–H and O–H groups in total. The Morgan fingerprint density at radius 1 is 1.41 bits per heavy atom. The fraction of sp³-hybridized carbons (Fsp3) is 0.357. The van der Waals surface area contributed by atoms with Crippen LogP contribution in [0.4, 0.5) is 5.13 Å². The molecule has 0 bridgehead atoms. The number of hydrogen-bond acceptors (Lipinski definition) is 7. The van der Waals surface area contributed by atoms with Crippen LogP contribution in [0.1, 0.15) is 12.5 Å².